The number of carbonyl (C=O) groups is 1. The highest BCUT2D eigenvalue weighted by Crippen LogP contribution is 2.26. The largest absolute Gasteiger partial charge is 0.478 e. The summed E-state index contributed by atoms with van der Waals surface area (Å²) in [4.78, 5) is 10.7. The highest BCUT2D eigenvalue weighted by molar-refractivity contribution is 5.90. The zero-order valence-corrected chi connectivity index (χ0v) is 9.95. The predicted octanol–water partition coefficient (Wildman–Crippen LogP) is 3.13. The van der Waals surface area contributed by atoms with Crippen LogP contribution in [0.4, 0.5) is 30.2 Å². The van der Waals surface area contributed by atoms with Gasteiger partial charge in [-0.3, -0.25) is 0 Å². The van der Waals surface area contributed by atoms with Crippen molar-refractivity contribution in [3.63, 3.8) is 0 Å². The molecular weight excluding hydrogens is 273 g/mol. The highest BCUT2D eigenvalue weighted by Gasteiger charge is 2.12. The first-order valence-corrected chi connectivity index (χ1v) is 5.43. The Labute approximate surface area is 111 Å². The maximum absolute atomic E-state index is 13.0. The van der Waals surface area contributed by atoms with E-state index in [2.05, 4.69) is 5.32 Å². The third-order valence-electron chi connectivity index (χ3n) is 2.56. The van der Waals surface area contributed by atoms with Gasteiger partial charge in [-0.05, 0) is 18.2 Å². The standard InChI is InChI=1S/C13H9F3N2O2/c14-8-4-7(5-9(15)12(8)16)18-11-2-1-6(13(19)20)3-10(11)17/h1-5,18H,17H2,(H,19,20). The van der Waals surface area contributed by atoms with Gasteiger partial charge in [0, 0.05) is 17.8 Å². The van der Waals surface area contributed by atoms with Crippen LogP contribution in [-0.4, -0.2) is 11.1 Å². The van der Waals surface area contributed by atoms with Crippen molar-refractivity contribution in [2.45, 2.75) is 0 Å². The van der Waals surface area contributed by atoms with Crippen LogP contribution in [0.1, 0.15) is 10.4 Å². The Morgan fingerprint density at radius 3 is 2.20 bits per heavy atom. The summed E-state index contributed by atoms with van der Waals surface area (Å²) < 4.78 is 38.9. The summed E-state index contributed by atoms with van der Waals surface area (Å²) in [6, 6.07) is 5.35. The molecule has 0 aliphatic rings. The molecule has 2 aromatic carbocycles. The number of anilines is 3. The molecule has 0 radical (unpaired) electrons. The van der Waals surface area contributed by atoms with Crippen molar-refractivity contribution in [3.8, 4) is 0 Å². The van der Waals surface area contributed by atoms with E-state index in [-0.39, 0.29) is 22.6 Å². The lowest BCUT2D eigenvalue weighted by molar-refractivity contribution is 0.0697. The van der Waals surface area contributed by atoms with Crippen LogP contribution in [0.25, 0.3) is 0 Å². The van der Waals surface area contributed by atoms with Crippen LogP contribution in [0.5, 0.6) is 0 Å². The van der Waals surface area contributed by atoms with Gasteiger partial charge in [0.2, 0.25) is 0 Å². The molecule has 7 heteroatoms. The van der Waals surface area contributed by atoms with Crippen molar-refractivity contribution in [1.29, 1.82) is 0 Å². The van der Waals surface area contributed by atoms with E-state index in [9.17, 15) is 18.0 Å². The van der Waals surface area contributed by atoms with Gasteiger partial charge in [-0.1, -0.05) is 0 Å². The fraction of sp³-hybridized carbons (Fsp3) is 0. The van der Waals surface area contributed by atoms with Crippen molar-refractivity contribution < 1.29 is 23.1 Å². The van der Waals surface area contributed by atoms with Crippen LogP contribution >= 0.6 is 0 Å². The molecule has 0 heterocycles. The molecule has 0 aliphatic carbocycles. The summed E-state index contributed by atoms with van der Waals surface area (Å²) >= 11 is 0. The normalized spacial score (nSPS) is 10.3. The molecule has 0 saturated carbocycles. The summed E-state index contributed by atoms with van der Waals surface area (Å²) in [6.07, 6.45) is 0. The zero-order chi connectivity index (χ0) is 14.9. The lowest BCUT2D eigenvalue weighted by Crippen LogP contribution is -2.02. The molecule has 4 N–H and O–H groups in total. The maximum atomic E-state index is 13.0. The lowest BCUT2D eigenvalue weighted by atomic mass is 10.1. The Morgan fingerprint density at radius 1 is 1.10 bits per heavy atom. The first kappa shape index (κ1) is 13.7. The molecule has 0 fully saturated rings. The molecule has 0 atom stereocenters. The van der Waals surface area contributed by atoms with Gasteiger partial charge in [-0.25, -0.2) is 18.0 Å². The molecule has 2 aromatic rings. The maximum Gasteiger partial charge on any atom is 0.335 e. The molecule has 0 aliphatic heterocycles. The van der Waals surface area contributed by atoms with Crippen molar-refractivity contribution in [2.75, 3.05) is 11.1 Å². The molecule has 4 nitrogen and oxygen atoms in total. The van der Waals surface area contributed by atoms with E-state index in [1.54, 1.807) is 0 Å². The van der Waals surface area contributed by atoms with Crippen molar-refractivity contribution in [1.82, 2.24) is 0 Å². The number of rotatable bonds is 3. The van der Waals surface area contributed by atoms with Gasteiger partial charge in [0.1, 0.15) is 0 Å². The number of nitrogen functional groups attached to an aromatic ring is 1. The molecule has 0 bridgehead atoms. The van der Waals surface area contributed by atoms with Gasteiger partial charge in [-0.15, -0.1) is 0 Å². The minimum atomic E-state index is -1.57. The van der Waals surface area contributed by atoms with E-state index in [4.69, 9.17) is 10.8 Å². The molecule has 2 rings (SSSR count). The van der Waals surface area contributed by atoms with Crippen LogP contribution in [0, 0.1) is 17.5 Å². The first-order chi connectivity index (χ1) is 9.38. The molecule has 0 unspecified atom stereocenters. The van der Waals surface area contributed by atoms with Crippen molar-refractivity contribution in [2.24, 2.45) is 0 Å². The van der Waals surface area contributed by atoms with E-state index in [1.165, 1.54) is 18.2 Å². The number of nitrogens with one attached hydrogen (secondary N) is 1. The fourth-order valence-electron chi connectivity index (χ4n) is 1.59. The minimum Gasteiger partial charge on any atom is -0.478 e. The van der Waals surface area contributed by atoms with Gasteiger partial charge >= 0.3 is 5.97 Å². The number of carboxylic acids is 1. The topological polar surface area (TPSA) is 75.4 Å². The van der Waals surface area contributed by atoms with Crippen LogP contribution in [0.3, 0.4) is 0 Å². The van der Waals surface area contributed by atoms with E-state index < -0.39 is 23.4 Å². The predicted molar refractivity (Wildman–Crippen MR) is 67.4 cm³/mol. The third-order valence-corrected chi connectivity index (χ3v) is 2.56. The van der Waals surface area contributed by atoms with E-state index >= 15 is 0 Å². The quantitative estimate of drug-likeness (QED) is 0.597. The van der Waals surface area contributed by atoms with Gasteiger partial charge < -0.3 is 16.2 Å². The molecule has 0 amide bonds. The Bertz CT molecular complexity index is 666. The Kier molecular flexibility index (Phi) is 3.51. The minimum absolute atomic E-state index is 0.0236. The number of hydrogen-bond acceptors (Lipinski definition) is 3. The molecule has 104 valence electrons. The van der Waals surface area contributed by atoms with Crippen LogP contribution in [0.15, 0.2) is 30.3 Å². The average molecular weight is 282 g/mol. The first-order valence-electron chi connectivity index (χ1n) is 5.43. The number of aromatic carboxylic acids is 1. The van der Waals surface area contributed by atoms with Crippen LogP contribution < -0.4 is 11.1 Å². The highest BCUT2D eigenvalue weighted by atomic mass is 19.2. The van der Waals surface area contributed by atoms with Gasteiger partial charge in [-0.2, -0.15) is 0 Å². The number of carboxylic acid groups (broad SMARTS) is 1. The second-order valence-corrected chi connectivity index (χ2v) is 3.99. The fourth-order valence-corrected chi connectivity index (χ4v) is 1.59. The summed E-state index contributed by atoms with van der Waals surface area (Å²) in [7, 11) is 0. The summed E-state index contributed by atoms with van der Waals surface area (Å²) in [5.74, 6) is -5.40. The summed E-state index contributed by atoms with van der Waals surface area (Å²) in [5.41, 5.74) is 5.89. The van der Waals surface area contributed by atoms with Gasteiger partial charge in [0.25, 0.3) is 0 Å². The lowest BCUT2D eigenvalue weighted by Gasteiger charge is -2.10. The van der Waals surface area contributed by atoms with Gasteiger partial charge in [0.15, 0.2) is 17.5 Å². The number of benzene rings is 2. The third kappa shape index (κ3) is 2.66. The van der Waals surface area contributed by atoms with Crippen LogP contribution in [-0.2, 0) is 0 Å². The number of hydrogen-bond donors (Lipinski definition) is 3. The number of nitrogens with two attached hydrogens (primary N) is 1. The molecular formula is C13H9F3N2O2. The Morgan fingerprint density at radius 2 is 1.70 bits per heavy atom. The van der Waals surface area contributed by atoms with Crippen molar-refractivity contribution in [3.05, 3.63) is 53.3 Å². The molecule has 0 saturated heterocycles. The second-order valence-electron chi connectivity index (χ2n) is 3.99. The molecule has 20 heavy (non-hydrogen) atoms. The molecule has 0 aromatic heterocycles. The number of halogens is 3. The SMILES string of the molecule is Nc1cc(C(=O)O)ccc1Nc1cc(F)c(F)c(F)c1. The Balaban J connectivity index is 2.33. The van der Waals surface area contributed by atoms with E-state index in [0.717, 1.165) is 12.1 Å². The van der Waals surface area contributed by atoms with E-state index in [1.807, 2.05) is 0 Å². The summed E-state index contributed by atoms with van der Waals surface area (Å²) in [6.45, 7) is 0. The van der Waals surface area contributed by atoms with Gasteiger partial charge in [0.05, 0.1) is 16.9 Å². The smallest absolute Gasteiger partial charge is 0.335 e. The van der Waals surface area contributed by atoms with Crippen molar-refractivity contribution >= 4 is 23.0 Å². The average Bonchev–Trinajstić information content (AvgIpc) is 2.38. The van der Waals surface area contributed by atoms with E-state index in [0.29, 0.717) is 0 Å². The molecule has 0 spiro atoms. The Hall–Kier alpha value is -2.70. The monoisotopic (exact) mass is 282 g/mol. The van der Waals surface area contributed by atoms with Crippen LogP contribution in [0.2, 0.25) is 0 Å². The second kappa shape index (κ2) is 5.12. The summed E-state index contributed by atoms with van der Waals surface area (Å²) in [5, 5.41) is 11.4. The zero-order valence-electron chi connectivity index (χ0n) is 9.95.